The van der Waals surface area contributed by atoms with Crippen molar-refractivity contribution in [3.05, 3.63) is 18.7 Å². The molecular formula is C13H19N7. The summed E-state index contributed by atoms with van der Waals surface area (Å²) >= 11 is 0. The Morgan fingerprint density at radius 2 is 2.05 bits per heavy atom. The first-order valence-electron chi connectivity index (χ1n) is 6.88. The SMILES string of the molecule is CC(C)C1CCN(c2nc(N)nc(-n3ccnc3)n2)C1. The average molecular weight is 273 g/mol. The van der Waals surface area contributed by atoms with Gasteiger partial charge < -0.3 is 10.6 Å². The summed E-state index contributed by atoms with van der Waals surface area (Å²) < 4.78 is 1.73. The maximum atomic E-state index is 5.80. The molecule has 1 aliphatic heterocycles. The average Bonchev–Trinajstić information content (AvgIpc) is 3.10. The van der Waals surface area contributed by atoms with Crippen molar-refractivity contribution in [1.29, 1.82) is 0 Å². The highest BCUT2D eigenvalue weighted by molar-refractivity contribution is 5.39. The van der Waals surface area contributed by atoms with Crippen molar-refractivity contribution in [3.63, 3.8) is 0 Å². The number of nitrogen functional groups attached to an aromatic ring is 1. The monoisotopic (exact) mass is 273 g/mol. The first-order chi connectivity index (χ1) is 9.63. The van der Waals surface area contributed by atoms with Crippen molar-refractivity contribution in [2.75, 3.05) is 23.7 Å². The van der Waals surface area contributed by atoms with Gasteiger partial charge in [-0.3, -0.25) is 4.57 Å². The van der Waals surface area contributed by atoms with Gasteiger partial charge >= 0.3 is 0 Å². The molecule has 20 heavy (non-hydrogen) atoms. The van der Waals surface area contributed by atoms with Crippen LogP contribution in [0.1, 0.15) is 20.3 Å². The summed E-state index contributed by atoms with van der Waals surface area (Å²) in [5, 5.41) is 0. The molecule has 1 atom stereocenters. The molecular weight excluding hydrogens is 254 g/mol. The van der Waals surface area contributed by atoms with E-state index in [4.69, 9.17) is 5.73 Å². The van der Waals surface area contributed by atoms with Gasteiger partial charge in [-0.05, 0) is 18.3 Å². The van der Waals surface area contributed by atoms with Crippen LogP contribution in [0.25, 0.3) is 5.95 Å². The number of aromatic nitrogens is 5. The van der Waals surface area contributed by atoms with Crippen molar-refractivity contribution in [3.8, 4) is 5.95 Å². The summed E-state index contributed by atoms with van der Waals surface area (Å²) in [6.07, 6.45) is 6.30. The van der Waals surface area contributed by atoms with E-state index in [-0.39, 0.29) is 5.95 Å². The fourth-order valence-corrected chi connectivity index (χ4v) is 2.52. The minimum Gasteiger partial charge on any atom is -0.368 e. The van der Waals surface area contributed by atoms with Crippen LogP contribution in [-0.2, 0) is 0 Å². The van der Waals surface area contributed by atoms with Crippen molar-refractivity contribution in [2.24, 2.45) is 11.8 Å². The number of nitrogens with two attached hydrogens (primary N) is 1. The van der Waals surface area contributed by atoms with E-state index in [0.29, 0.717) is 23.7 Å². The molecule has 0 bridgehead atoms. The molecule has 0 aromatic carbocycles. The van der Waals surface area contributed by atoms with Crippen LogP contribution in [0.2, 0.25) is 0 Å². The Kier molecular flexibility index (Phi) is 3.25. The summed E-state index contributed by atoms with van der Waals surface area (Å²) in [5.74, 6) is 2.77. The van der Waals surface area contributed by atoms with Crippen LogP contribution in [0, 0.1) is 11.8 Å². The highest BCUT2D eigenvalue weighted by Crippen LogP contribution is 2.26. The lowest BCUT2D eigenvalue weighted by Gasteiger charge is -2.18. The van der Waals surface area contributed by atoms with Crippen molar-refractivity contribution >= 4 is 11.9 Å². The third kappa shape index (κ3) is 2.43. The third-order valence-corrected chi connectivity index (χ3v) is 3.81. The van der Waals surface area contributed by atoms with Crippen molar-refractivity contribution < 1.29 is 0 Å². The van der Waals surface area contributed by atoms with E-state index in [1.165, 1.54) is 6.42 Å². The van der Waals surface area contributed by atoms with Gasteiger partial charge in [0.1, 0.15) is 6.33 Å². The maximum absolute atomic E-state index is 5.80. The van der Waals surface area contributed by atoms with E-state index < -0.39 is 0 Å². The number of anilines is 2. The van der Waals surface area contributed by atoms with Crippen LogP contribution in [0.15, 0.2) is 18.7 Å². The second-order valence-corrected chi connectivity index (χ2v) is 5.50. The largest absolute Gasteiger partial charge is 0.368 e. The zero-order chi connectivity index (χ0) is 14.1. The van der Waals surface area contributed by atoms with E-state index in [1.807, 2.05) is 0 Å². The fraction of sp³-hybridized carbons (Fsp3) is 0.538. The molecule has 0 amide bonds. The van der Waals surface area contributed by atoms with Gasteiger partial charge in [0.15, 0.2) is 0 Å². The molecule has 0 spiro atoms. The van der Waals surface area contributed by atoms with Crippen LogP contribution in [0.3, 0.4) is 0 Å². The lowest BCUT2D eigenvalue weighted by atomic mass is 9.95. The molecule has 7 nitrogen and oxygen atoms in total. The Bertz CT molecular complexity index is 578. The zero-order valence-corrected chi connectivity index (χ0v) is 11.8. The molecule has 1 aliphatic rings. The Hall–Kier alpha value is -2.18. The molecule has 2 aromatic rings. The Labute approximate surface area is 117 Å². The lowest BCUT2D eigenvalue weighted by Crippen LogP contribution is -2.24. The third-order valence-electron chi connectivity index (χ3n) is 3.81. The van der Waals surface area contributed by atoms with Crippen LogP contribution < -0.4 is 10.6 Å². The van der Waals surface area contributed by atoms with E-state index in [1.54, 1.807) is 23.3 Å². The molecule has 2 N–H and O–H groups in total. The minimum absolute atomic E-state index is 0.242. The number of imidazole rings is 1. The number of hydrogen-bond acceptors (Lipinski definition) is 6. The summed E-state index contributed by atoms with van der Waals surface area (Å²) in [5.41, 5.74) is 5.80. The molecule has 0 saturated carbocycles. The molecule has 3 rings (SSSR count). The van der Waals surface area contributed by atoms with Crippen molar-refractivity contribution in [2.45, 2.75) is 20.3 Å². The smallest absolute Gasteiger partial charge is 0.241 e. The van der Waals surface area contributed by atoms with E-state index in [2.05, 4.69) is 38.7 Å². The van der Waals surface area contributed by atoms with Gasteiger partial charge in [0.25, 0.3) is 0 Å². The van der Waals surface area contributed by atoms with Gasteiger partial charge in [-0.1, -0.05) is 13.8 Å². The standard InChI is InChI=1S/C13H19N7/c1-9(2)10-3-5-19(7-10)12-16-11(14)17-13(18-12)20-6-4-15-8-20/h4,6,8-10H,3,5,7H2,1-2H3,(H2,14,16,17,18). The van der Waals surface area contributed by atoms with Gasteiger partial charge in [0.05, 0.1) is 0 Å². The highest BCUT2D eigenvalue weighted by Gasteiger charge is 2.27. The lowest BCUT2D eigenvalue weighted by molar-refractivity contribution is 0.422. The first-order valence-corrected chi connectivity index (χ1v) is 6.88. The van der Waals surface area contributed by atoms with Crippen LogP contribution in [-0.4, -0.2) is 37.6 Å². The van der Waals surface area contributed by atoms with E-state index in [0.717, 1.165) is 13.1 Å². The molecule has 7 heteroatoms. The highest BCUT2D eigenvalue weighted by atomic mass is 15.3. The summed E-state index contributed by atoms with van der Waals surface area (Å²) in [6, 6.07) is 0. The number of rotatable bonds is 3. The first kappa shape index (κ1) is 12.8. The van der Waals surface area contributed by atoms with E-state index in [9.17, 15) is 0 Å². The van der Waals surface area contributed by atoms with Crippen LogP contribution in [0.4, 0.5) is 11.9 Å². The van der Waals surface area contributed by atoms with Gasteiger partial charge in [-0.2, -0.15) is 15.0 Å². The Morgan fingerprint density at radius 1 is 1.25 bits per heavy atom. The molecule has 1 saturated heterocycles. The topological polar surface area (TPSA) is 85.8 Å². The molecule has 0 aliphatic carbocycles. The normalized spacial score (nSPS) is 18.9. The summed E-state index contributed by atoms with van der Waals surface area (Å²) in [7, 11) is 0. The van der Waals surface area contributed by atoms with Gasteiger partial charge in [0, 0.05) is 25.5 Å². The molecule has 1 unspecified atom stereocenters. The molecule has 0 radical (unpaired) electrons. The van der Waals surface area contributed by atoms with Gasteiger partial charge in [-0.25, -0.2) is 4.98 Å². The maximum Gasteiger partial charge on any atom is 0.241 e. The van der Waals surface area contributed by atoms with E-state index >= 15 is 0 Å². The minimum atomic E-state index is 0.242. The molecule has 2 aromatic heterocycles. The van der Waals surface area contributed by atoms with Crippen LogP contribution >= 0.6 is 0 Å². The van der Waals surface area contributed by atoms with Gasteiger partial charge in [0.2, 0.25) is 17.8 Å². The van der Waals surface area contributed by atoms with Crippen molar-refractivity contribution in [1.82, 2.24) is 24.5 Å². The Morgan fingerprint density at radius 3 is 2.70 bits per heavy atom. The Balaban J connectivity index is 1.87. The quantitative estimate of drug-likeness (QED) is 0.902. The van der Waals surface area contributed by atoms with Crippen LogP contribution in [0.5, 0.6) is 0 Å². The second-order valence-electron chi connectivity index (χ2n) is 5.50. The predicted molar refractivity (Wildman–Crippen MR) is 76.5 cm³/mol. The molecule has 106 valence electrons. The summed E-state index contributed by atoms with van der Waals surface area (Å²) in [6.45, 7) is 6.46. The molecule has 3 heterocycles. The predicted octanol–water partition coefficient (Wildman–Crippen LogP) is 1.12. The fourth-order valence-electron chi connectivity index (χ4n) is 2.52. The zero-order valence-electron chi connectivity index (χ0n) is 11.8. The second kappa shape index (κ2) is 5.07. The molecule has 1 fully saturated rings. The number of nitrogens with zero attached hydrogens (tertiary/aromatic N) is 6. The van der Waals surface area contributed by atoms with Gasteiger partial charge in [-0.15, -0.1) is 0 Å². The summed E-state index contributed by atoms with van der Waals surface area (Å²) in [4.78, 5) is 19.1. The number of hydrogen-bond donors (Lipinski definition) is 1.